The van der Waals surface area contributed by atoms with Crippen molar-refractivity contribution in [3.8, 4) is 11.5 Å². The molecule has 0 atom stereocenters. The first-order valence-electron chi connectivity index (χ1n) is 11.8. The van der Waals surface area contributed by atoms with Gasteiger partial charge >= 0.3 is 5.97 Å². The molecule has 0 saturated heterocycles. The second kappa shape index (κ2) is 9.30. The van der Waals surface area contributed by atoms with Crippen LogP contribution in [0.1, 0.15) is 30.5 Å². The number of hydrogen-bond donors (Lipinski definition) is 0. The Bertz CT molecular complexity index is 1350. The first kappa shape index (κ1) is 22.7. The molecule has 0 spiro atoms. The second-order valence-corrected chi connectivity index (χ2v) is 9.12. The van der Waals surface area contributed by atoms with Crippen LogP contribution in [0.2, 0.25) is 0 Å². The zero-order valence-corrected chi connectivity index (χ0v) is 20.2. The van der Waals surface area contributed by atoms with Crippen molar-refractivity contribution in [2.75, 3.05) is 13.7 Å². The van der Waals surface area contributed by atoms with Gasteiger partial charge in [-0.2, -0.15) is 0 Å². The third kappa shape index (κ3) is 4.06. The summed E-state index contributed by atoms with van der Waals surface area (Å²) in [6.45, 7) is 4.70. The van der Waals surface area contributed by atoms with Crippen LogP contribution < -0.4 is 9.47 Å². The topological polar surface area (TPSA) is 44.8 Å². The average Bonchev–Trinajstić information content (AvgIpc) is 2.91. The van der Waals surface area contributed by atoms with Gasteiger partial charge in [-0.15, -0.1) is 0 Å². The minimum atomic E-state index is -1.03. The summed E-state index contributed by atoms with van der Waals surface area (Å²) in [4.78, 5) is 13.3. The van der Waals surface area contributed by atoms with Crippen molar-refractivity contribution in [1.29, 1.82) is 0 Å². The number of ether oxygens (including phenoxy) is 3. The Morgan fingerprint density at radius 3 is 2.09 bits per heavy atom. The van der Waals surface area contributed by atoms with Gasteiger partial charge in [0, 0.05) is 16.5 Å². The number of methoxy groups -OCH3 is 1. The number of benzene rings is 4. The largest absolute Gasteiger partial charge is 0.493 e. The van der Waals surface area contributed by atoms with Crippen molar-refractivity contribution in [3.63, 3.8) is 0 Å². The van der Waals surface area contributed by atoms with E-state index in [1.165, 1.54) is 7.11 Å². The number of hydrogen-bond acceptors (Lipinski definition) is 4. The fourth-order valence-electron chi connectivity index (χ4n) is 4.58. The third-order valence-electron chi connectivity index (χ3n) is 6.23. The van der Waals surface area contributed by atoms with Crippen LogP contribution in [0.25, 0.3) is 16.3 Å². The maximum Gasteiger partial charge on any atom is 0.338 e. The lowest BCUT2D eigenvalue weighted by Crippen LogP contribution is -2.36. The van der Waals surface area contributed by atoms with Gasteiger partial charge in [0.05, 0.1) is 24.9 Å². The van der Waals surface area contributed by atoms with E-state index in [0.29, 0.717) is 35.2 Å². The molecule has 0 aliphatic carbocycles. The lowest BCUT2D eigenvalue weighted by atomic mass is 9.80. The predicted octanol–water partition coefficient (Wildman–Crippen LogP) is 6.77. The van der Waals surface area contributed by atoms with E-state index in [-0.39, 0.29) is 0 Å². The molecule has 176 valence electrons. The first-order chi connectivity index (χ1) is 17.0. The van der Waals surface area contributed by atoms with E-state index in [1.807, 2.05) is 97.1 Å². The lowest BCUT2D eigenvalue weighted by Gasteiger charge is -2.38. The van der Waals surface area contributed by atoms with Crippen LogP contribution >= 0.6 is 0 Å². The van der Waals surface area contributed by atoms with Crippen LogP contribution in [0.3, 0.4) is 0 Å². The van der Waals surface area contributed by atoms with Gasteiger partial charge in [0.15, 0.2) is 5.60 Å². The van der Waals surface area contributed by atoms with Crippen molar-refractivity contribution in [1.82, 2.24) is 0 Å². The quantitative estimate of drug-likeness (QED) is 0.296. The molecule has 0 saturated carbocycles. The average molecular weight is 465 g/mol. The van der Waals surface area contributed by atoms with Crippen molar-refractivity contribution >= 4 is 22.3 Å². The van der Waals surface area contributed by atoms with E-state index in [1.54, 1.807) is 0 Å². The molecular formula is C31H28O4. The molecular weight excluding hydrogens is 436 g/mol. The number of esters is 1. The highest BCUT2D eigenvalue weighted by Gasteiger charge is 2.43. The molecule has 0 unspecified atom stereocenters. The van der Waals surface area contributed by atoms with Crippen molar-refractivity contribution in [3.05, 3.63) is 114 Å². The standard InChI is InChI=1S/C31H28O4/c1-21(2)20-34-27-18-22-12-10-11-17-25(22)29-28(27)26(30(32)33-3)19-31(35-29,23-13-6-4-7-14-23)24-15-8-5-9-16-24/h4-19,21H,20H2,1-3H3. The highest BCUT2D eigenvalue weighted by Crippen LogP contribution is 2.51. The van der Waals surface area contributed by atoms with Crippen LogP contribution in [0.5, 0.6) is 11.5 Å². The molecule has 0 fully saturated rings. The van der Waals surface area contributed by atoms with Gasteiger partial charge in [-0.1, -0.05) is 98.8 Å². The Hall–Kier alpha value is -4.05. The maximum atomic E-state index is 13.3. The molecule has 4 nitrogen and oxygen atoms in total. The van der Waals surface area contributed by atoms with Gasteiger partial charge in [0.25, 0.3) is 0 Å². The van der Waals surface area contributed by atoms with Crippen LogP contribution in [0.4, 0.5) is 0 Å². The number of rotatable bonds is 6. The monoisotopic (exact) mass is 464 g/mol. The molecule has 1 aliphatic heterocycles. The third-order valence-corrected chi connectivity index (χ3v) is 6.23. The highest BCUT2D eigenvalue weighted by molar-refractivity contribution is 6.20. The molecule has 4 aromatic carbocycles. The van der Waals surface area contributed by atoms with E-state index in [9.17, 15) is 4.79 Å². The molecule has 0 aromatic heterocycles. The summed E-state index contributed by atoms with van der Waals surface area (Å²) < 4.78 is 18.5. The summed E-state index contributed by atoms with van der Waals surface area (Å²) >= 11 is 0. The van der Waals surface area contributed by atoms with E-state index < -0.39 is 11.6 Å². The Balaban J connectivity index is 1.86. The molecule has 0 bridgehead atoms. The number of fused-ring (bicyclic) bond motifs is 3. The molecule has 4 aromatic rings. The molecule has 5 rings (SSSR count). The Kier molecular flexibility index (Phi) is 6.04. The van der Waals surface area contributed by atoms with Crippen molar-refractivity contribution in [2.45, 2.75) is 19.4 Å². The summed E-state index contributed by atoms with van der Waals surface area (Å²) in [6, 6.07) is 29.9. The molecule has 1 aliphatic rings. The predicted molar refractivity (Wildman–Crippen MR) is 139 cm³/mol. The first-order valence-corrected chi connectivity index (χ1v) is 11.8. The molecule has 0 N–H and O–H groups in total. The van der Waals surface area contributed by atoms with Gasteiger partial charge in [0.1, 0.15) is 11.5 Å². The normalized spacial score (nSPS) is 14.1. The Morgan fingerprint density at radius 2 is 1.49 bits per heavy atom. The molecule has 1 heterocycles. The van der Waals surface area contributed by atoms with E-state index >= 15 is 0 Å². The lowest BCUT2D eigenvalue weighted by molar-refractivity contribution is -0.133. The van der Waals surface area contributed by atoms with Crippen LogP contribution in [0.15, 0.2) is 97.1 Å². The summed E-state index contributed by atoms with van der Waals surface area (Å²) in [7, 11) is 1.40. The summed E-state index contributed by atoms with van der Waals surface area (Å²) in [6.07, 6.45) is 1.88. The summed E-state index contributed by atoms with van der Waals surface area (Å²) in [5, 5.41) is 1.89. The molecule has 0 radical (unpaired) electrons. The van der Waals surface area contributed by atoms with Gasteiger partial charge in [-0.25, -0.2) is 4.79 Å². The van der Waals surface area contributed by atoms with Gasteiger partial charge in [0.2, 0.25) is 0 Å². The highest BCUT2D eigenvalue weighted by atomic mass is 16.5. The zero-order chi connectivity index (χ0) is 24.4. The minimum Gasteiger partial charge on any atom is -0.493 e. The molecule has 0 amide bonds. The fraction of sp³-hybridized carbons (Fsp3) is 0.194. The second-order valence-electron chi connectivity index (χ2n) is 9.12. The van der Waals surface area contributed by atoms with Gasteiger partial charge in [-0.05, 0) is 23.4 Å². The summed E-state index contributed by atoms with van der Waals surface area (Å²) in [5.41, 5.74) is 1.84. The van der Waals surface area contributed by atoms with Gasteiger partial charge < -0.3 is 14.2 Å². The summed E-state index contributed by atoms with van der Waals surface area (Å²) in [5.74, 6) is 1.10. The van der Waals surface area contributed by atoms with E-state index in [0.717, 1.165) is 21.9 Å². The Morgan fingerprint density at radius 1 is 0.886 bits per heavy atom. The minimum absolute atomic E-state index is 0.319. The smallest absolute Gasteiger partial charge is 0.338 e. The zero-order valence-electron chi connectivity index (χ0n) is 20.2. The van der Waals surface area contributed by atoms with Crippen molar-refractivity contribution in [2.24, 2.45) is 5.92 Å². The molecule has 4 heteroatoms. The number of carbonyl (C=O) groups excluding carboxylic acids is 1. The SMILES string of the molecule is COC(=O)C1=CC(c2ccccc2)(c2ccccc2)Oc2c1c(OCC(C)C)cc1ccccc21. The van der Waals surface area contributed by atoms with E-state index in [2.05, 4.69) is 13.8 Å². The number of carbonyl (C=O) groups is 1. The van der Waals surface area contributed by atoms with Crippen LogP contribution in [-0.2, 0) is 15.1 Å². The van der Waals surface area contributed by atoms with Gasteiger partial charge in [-0.3, -0.25) is 0 Å². The molecule has 35 heavy (non-hydrogen) atoms. The van der Waals surface area contributed by atoms with E-state index in [4.69, 9.17) is 14.2 Å². The van der Waals surface area contributed by atoms with Crippen LogP contribution in [0, 0.1) is 5.92 Å². The maximum absolute atomic E-state index is 13.3. The Labute approximate surface area is 205 Å². The van der Waals surface area contributed by atoms with Crippen LogP contribution in [-0.4, -0.2) is 19.7 Å². The van der Waals surface area contributed by atoms with Crippen molar-refractivity contribution < 1.29 is 19.0 Å². The fourth-order valence-corrected chi connectivity index (χ4v) is 4.58.